The molecule has 182 valence electrons. The van der Waals surface area contributed by atoms with Crippen LogP contribution < -0.4 is 5.46 Å². The Kier molecular flexibility index (Phi) is 5.71. The van der Waals surface area contributed by atoms with E-state index in [-0.39, 0.29) is 11.2 Å². The van der Waals surface area contributed by atoms with Crippen molar-refractivity contribution in [3.63, 3.8) is 0 Å². The Morgan fingerprint density at radius 3 is 1.78 bits per heavy atom. The monoisotopic (exact) mass is 484 g/mol. The summed E-state index contributed by atoms with van der Waals surface area (Å²) in [5.74, 6) is 0.690. The van der Waals surface area contributed by atoms with E-state index in [2.05, 4.69) is 107 Å². The maximum absolute atomic E-state index is 6.24. The maximum atomic E-state index is 6.24. The average Bonchev–Trinajstić information content (AvgIpc) is 3.15. The van der Waals surface area contributed by atoms with Crippen LogP contribution in [0.2, 0.25) is 0 Å². The fourth-order valence-electron chi connectivity index (χ4n) is 4.72. The van der Waals surface area contributed by atoms with Crippen LogP contribution in [0.5, 0.6) is 0 Å². The van der Waals surface area contributed by atoms with Crippen molar-refractivity contribution in [1.29, 1.82) is 0 Å². The summed E-state index contributed by atoms with van der Waals surface area (Å²) in [6.45, 7) is 8.28. The molecule has 1 aromatic heterocycles. The molecule has 0 amide bonds. The number of nitrogens with zero attached hydrogens (tertiary/aromatic N) is 2. The van der Waals surface area contributed by atoms with Crippen LogP contribution in [-0.2, 0) is 9.31 Å². The van der Waals surface area contributed by atoms with Crippen molar-refractivity contribution < 1.29 is 9.31 Å². The Labute approximate surface area is 218 Å². The van der Waals surface area contributed by atoms with Crippen LogP contribution in [0.15, 0.2) is 103 Å². The van der Waals surface area contributed by atoms with E-state index in [0.29, 0.717) is 5.82 Å². The Morgan fingerprint density at radius 1 is 0.568 bits per heavy atom. The van der Waals surface area contributed by atoms with Crippen LogP contribution in [0.25, 0.3) is 44.7 Å². The van der Waals surface area contributed by atoms with E-state index in [1.807, 2.05) is 24.3 Å². The minimum atomic E-state index is -0.402. The van der Waals surface area contributed by atoms with Crippen molar-refractivity contribution in [2.75, 3.05) is 0 Å². The summed E-state index contributed by atoms with van der Waals surface area (Å²) in [5.41, 5.74) is 6.32. The van der Waals surface area contributed by atoms with Crippen molar-refractivity contribution in [3.05, 3.63) is 103 Å². The maximum Gasteiger partial charge on any atom is 0.494 e. The minimum absolute atomic E-state index is 0.379. The molecule has 0 atom stereocenters. The second kappa shape index (κ2) is 8.95. The highest BCUT2D eigenvalue weighted by Gasteiger charge is 2.51. The van der Waals surface area contributed by atoms with Gasteiger partial charge in [-0.3, -0.25) is 0 Å². The van der Waals surface area contributed by atoms with Gasteiger partial charge in [0.05, 0.1) is 22.4 Å². The molecule has 0 radical (unpaired) electrons. The predicted molar refractivity (Wildman–Crippen MR) is 152 cm³/mol. The molecule has 0 aliphatic carbocycles. The molecule has 0 bridgehead atoms. The third-order valence-electron chi connectivity index (χ3n) is 7.55. The summed E-state index contributed by atoms with van der Waals surface area (Å²) in [6.07, 6.45) is 0. The molecule has 4 nitrogen and oxygen atoms in total. The lowest BCUT2D eigenvalue weighted by molar-refractivity contribution is 0.00578. The molecule has 1 fully saturated rings. The summed E-state index contributed by atoms with van der Waals surface area (Å²) < 4.78 is 12.5. The Hall–Kier alpha value is -3.80. The fourth-order valence-corrected chi connectivity index (χ4v) is 4.72. The standard InChI is InChI=1S/C32H29BN2O2/c1-31(2)32(3,4)37-33(36-31)25-20-18-24(19-21-25)30-34-28(23-14-9-6-10-15-23)27-17-11-16-26(29(27)35-30)22-12-7-5-8-13-22/h5-21H,1-4H3. The van der Waals surface area contributed by atoms with Gasteiger partial charge in [-0.05, 0) is 38.7 Å². The molecule has 0 unspecified atom stereocenters. The van der Waals surface area contributed by atoms with Gasteiger partial charge in [-0.15, -0.1) is 0 Å². The van der Waals surface area contributed by atoms with Crippen molar-refractivity contribution >= 4 is 23.5 Å². The highest BCUT2D eigenvalue weighted by atomic mass is 16.7. The zero-order chi connectivity index (χ0) is 25.6. The van der Waals surface area contributed by atoms with Crippen molar-refractivity contribution in [2.24, 2.45) is 0 Å². The van der Waals surface area contributed by atoms with Crippen LogP contribution in [0.4, 0.5) is 0 Å². The third-order valence-corrected chi connectivity index (χ3v) is 7.55. The normalized spacial score (nSPS) is 16.3. The number of rotatable bonds is 4. The summed E-state index contributed by atoms with van der Waals surface area (Å²) in [6, 6.07) is 35.2. The number of para-hydroxylation sites is 1. The van der Waals surface area contributed by atoms with E-state index >= 15 is 0 Å². The summed E-state index contributed by atoms with van der Waals surface area (Å²) in [7, 11) is -0.402. The van der Waals surface area contributed by atoms with E-state index in [9.17, 15) is 0 Å². The van der Waals surface area contributed by atoms with Gasteiger partial charge >= 0.3 is 7.12 Å². The summed E-state index contributed by atoms with van der Waals surface area (Å²) >= 11 is 0. The number of hydrogen-bond acceptors (Lipinski definition) is 4. The van der Waals surface area contributed by atoms with Gasteiger partial charge in [0.25, 0.3) is 0 Å². The van der Waals surface area contributed by atoms with Gasteiger partial charge in [-0.2, -0.15) is 0 Å². The number of fused-ring (bicyclic) bond motifs is 1. The van der Waals surface area contributed by atoms with Crippen molar-refractivity contribution in [3.8, 4) is 33.8 Å². The molecule has 2 heterocycles. The van der Waals surface area contributed by atoms with Crippen LogP contribution >= 0.6 is 0 Å². The molecule has 0 spiro atoms. The van der Waals surface area contributed by atoms with E-state index < -0.39 is 7.12 Å². The van der Waals surface area contributed by atoms with Gasteiger partial charge in [0.1, 0.15) is 0 Å². The van der Waals surface area contributed by atoms with E-state index in [4.69, 9.17) is 19.3 Å². The molecule has 4 aromatic carbocycles. The second-order valence-electron chi connectivity index (χ2n) is 10.5. The SMILES string of the molecule is CC1(C)OB(c2ccc(-c3nc(-c4ccccc4)c4cccc(-c5ccccc5)c4n3)cc2)OC1(C)C. The smallest absolute Gasteiger partial charge is 0.399 e. The lowest BCUT2D eigenvalue weighted by Crippen LogP contribution is -2.41. The molecule has 5 heteroatoms. The molecule has 5 aromatic rings. The molecule has 37 heavy (non-hydrogen) atoms. The van der Waals surface area contributed by atoms with Gasteiger partial charge < -0.3 is 9.31 Å². The third kappa shape index (κ3) is 4.24. The second-order valence-corrected chi connectivity index (χ2v) is 10.5. The largest absolute Gasteiger partial charge is 0.494 e. The van der Waals surface area contributed by atoms with Crippen LogP contribution in [0.1, 0.15) is 27.7 Å². The summed E-state index contributed by atoms with van der Waals surface area (Å²) in [4.78, 5) is 10.2. The molecule has 1 aliphatic rings. The fraction of sp³-hybridized carbons (Fsp3) is 0.188. The predicted octanol–water partition coefficient (Wildman–Crippen LogP) is 6.93. The molecule has 0 saturated carbocycles. The molecule has 0 N–H and O–H groups in total. The molecular formula is C32H29BN2O2. The zero-order valence-corrected chi connectivity index (χ0v) is 21.6. The molecule has 6 rings (SSSR count). The molecule has 1 saturated heterocycles. The highest BCUT2D eigenvalue weighted by Crippen LogP contribution is 2.37. The lowest BCUT2D eigenvalue weighted by atomic mass is 9.79. The van der Waals surface area contributed by atoms with Crippen LogP contribution in [0.3, 0.4) is 0 Å². The van der Waals surface area contributed by atoms with Crippen LogP contribution in [0, 0.1) is 0 Å². The zero-order valence-electron chi connectivity index (χ0n) is 21.6. The minimum Gasteiger partial charge on any atom is -0.399 e. The van der Waals surface area contributed by atoms with Gasteiger partial charge in [-0.25, -0.2) is 9.97 Å². The Morgan fingerprint density at radius 2 is 1.16 bits per heavy atom. The summed E-state index contributed by atoms with van der Waals surface area (Å²) in [5, 5.41) is 1.03. The van der Waals surface area contributed by atoms with Gasteiger partial charge in [-0.1, -0.05) is 103 Å². The molecular weight excluding hydrogens is 455 g/mol. The van der Waals surface area contributed by atoms with Crippen molar-refractivity contribution in [1.82, 2.24) is 9.97 Å². The first-order valence-corrected chi connectivity index (χ1v) is 12.7. The first kappa shape index (κ1) is 23.6. The number of hydrogen-bond donors (Lipinski definition) is 0. The van der Waals surface area contributed by atoms with Gasteiger partial charge in [0.15, 0.2) is 5.82 Å². The number of aromatic nitrogens is 2. The molecule has 1 aliphatic heterocycles. The first-order valence-electron chi connectivity index (χ1n) is 12.7. The average molecular weight is 484 g/mol. The van der Waals surface area contributed by atoms with Crippen molar-refractivity contribution in [2.45, 2.75) is 38.9 Å². The van der Waals surface area contributed by atoms with Crippen LogP contribution in [-0.4, -0.2) is 28.3 Å². The number of benzene rings is 4. The quantitative estimate of drug-likeness (QED) is 0.260. The lowest BCUT2D eigenvalue weighted by Gasteiger charge is -2.32. The van der Waals surface area contributed by atoms with E-state index in [1.165, 1.54) is 0 Å². The Bertz CT molecular complexity index is 1550. The highest BCUT2D eigenvalue weighted by molar-refractivity contribution is 6.62. The van der Waals surface area contributed by atoms with Gasteiger partial charge in [0, 0.05) is 22.1 Å². The first-order chi connectivity index (χ1) is 17.8. The van der Waals surface area contributed by atoms with E-state index in [1.54, 1.807) is 0 Å². The van der Waals surface area contributed by atoms with Gasteiger partial charge in [0.2, 0.25) is 0 Å². The topological polar surface area (TPSA) is 44.2 Å². The van der Waals surface area contributed by atoms with E-state index in [0.717, 1.165) is 44.3 Å². The Balaban J connectivity index is 1.48.